The predicted molar refractivity (Wildman–Crippen MR) is 107 cm³/mol. The summed E-state index contributed by atoms with van der Waals surface area (Å²) in [4.78, 5) is 11.5. The molecular weight excluding hydrogens is 298 g/mol. The standard InChI is InChI=1S/C19H41N.C2H4O2/c1-4-6-8-10-12-13-15-17-19-20(3)18-16-14-11-9-7-5-2;1-2(3)4/h4-19H2,1-3H3;1H3,(H,3,4). The minimum atomic E-state index is -0.833. The summed E-state index contributed by atoms with van der Waals surface area (Å²) in [6.07, 6.45) is 20.0. The van der Waals surface area contributed by atoms with E-state index in [9.17, 15) is 0 Å². The van der Waals surface area contributed by atoms with Crippen LogP contribution >= 0.6 is 0 Å². The van der Waals surface area contributed by atoms with Gasteiger partial charge in [0.05, 0.1) is 0 Å². The van der Waals surface area contributed by atoms with E-state index in [1.165, 1.54) is 103 Å². The highest BCUT2D eigenvalue weighted by molar-refractivity contribution is 5.62. The van der Waals surface area contributed by atoms with Crippen LogP contribution in [0.4, 0.5) is 0 Å². The Bertz CT molecular complexity index is 240. The average molecular weight is 344 g/mol. The fraction of sp³-hybridized carbons (Fsp3) is 0.952. The number of carbonyl (C=O) groups is 1. The molecule has 0 aliphatic heterocycles. The zero-order chi connectivity index (χ0) is 18.5. The lowest BCUT2D eigenvalue weighted by molar-refractivity contribution is -0.134. The molecule has 0 aliphatic carbocycles. The number of hydrogen-bond acceptors (Lipinski definition) is 2. The fourth-order valence-electron chi connectivity index (χ4n) is 2.79. The van der Waals surface area contributed by atoms with Crippen LogP contribution in [0.25, 0.3) is 0 Å². The minimum Gasteiger partial charge on any atom is -0.481 e. The second kappa shape index (κ2) is 22.4. The fourth-order valence-corrected chi connectivity index (χ4v) is 2.79. The molecule has 24 heavy (non-hydrogen) atoms. The second-order valence-corrected chi connectivity index (χ2v) is 7.06. The Morgan fingerprint density at radius 2 is 0.917 bits per heavy atom. The quantitative estimate of drug-likeness (QED) is 0.325. The van der Waals surface area contributed by atoms with E-state index >= 15 is 0 Å². The maximum absolute atomic E-state index is 9.00. The molecule has 1 N–H and O–H groups in total. The van der Waals surface area contributed by atoms with Crippen LogP contribution in [0.5, 0.6) is 0 Å². The lowest BCUT2D eigenvalue weighted by atomic mass is 10.1. The van der Waals surface area contributed by atoms with Crippen molar-refractivity contribution in [1.29, 1.82) is 0 Å². The van der Waals surface area contributed by atoms with Gasteiger partial charge in [0, 0.05) is 6.92 Å². The molecule has 0 saturated heterocycles. The summed E-state index contributed by atoms with van der Waals surface area (Å²) < 4.78 is 0. The van der Waals surface area contributed by atoms with Crippen LogP contribution in [0.3, 0.4) is 0 Å². The summed E-state index contributed by atoms with van der Waals surface area (Å²) in [6.45, 7) is 8.28. The van der Waals surface area contributed by atoms with Crippen LogP contribution in [0, 0.1) is 0 Å². The third-order valence-corrected chi connectivity index (χ3v) is 4.29. The lowest BCUT2D eigenvalue weighted by Gasteiger charge is -2.16. The van der Waals surface area contributed by atoms with E-state index < -0.39 is 5.97 Å². The van der Waals surface area contributed by atoms with Crippen LogP contribution in [0.2, 0.25) is 0 Å². The first-order valence-corrected chi connectivity index (χ1v) is 10.4. The summed E-state index contributed by atoms with van der Waals surface area (Å²) >= 11 is 0. The van der Waals surface area contributed by atoms with Crippen molar-refractivity contribution < 1.29 is 9.90 Å². The van der Waals surface area contributed by atoms with E-state index in [0.717, 1.165) is 6.92 Å². The molecule has 0 spiro atoms. The molecular formula is C21H45NO2. The molecule has 0 atom stereocenters. The van der Waals surface area contributed by atoms with Gasteiger partial charge in [-0.05, 0) is 33.0 Å². The van der Waals surface area contributed by atoms with Crippen molar-refractivity contribution in [3.8, 4) is 0 Å². The molecule has 0 heterocycles. The number of hydrogen-bond donors (Lipinski definition) is 1. The summed E-state index contributed by atoms with van der Waals surface area (Å²) in [7, 11) is 2.30. The van der Waals surface area contributed by atoms with E-state index in [4.69, 9.17) is 9.90 Å². The van der Waals surface area contributed by atoms with Crippen molar-refractivity contribution in [2.75, 3.05) is 20.1 Å². The van der Waals surface area contributed by atoms with Crippen molar-refractivity contribution in [3.63, 3.8) is 0 Å². The molecule has 3 heteroatoms. The second-order valence-electron chi connectivity index (χ2n) is 7.06. The van der Waals surface area contributed by atoms with Crippen molar-refractivity contribution in [1.82, 2.24) is 4.90 Å². The highest BCUT2D eigenvalue weighted by atomic mass is 16.4. The minimum absolute atomic E-state index is 0.833. The maximum atomic E-state index is 9.00. The first-order valence-electron chi connectivity index (χ1n) is 10.4. The van der Waals surface area contributed by atoms with Crippen LogP contribution in [-0.2, 0) is 4.79 Å². The predicted octanol–water partition coefficient (Wildman–Crippen LogP) is 6.51. The molecule has 0 bridgehead atoms. The highest BCUT2D eigenvalue weighted by Crippen LogP contribution is 2.09. The summed E-state index contributed by atoms with van der Waals surface area (Å²) in [6, 6.07) is 0. The Hall–Kier alpha value is -0.570. The SMILES string of the molecule is CC(=O)O.CCCCCCCCCCN(C)CCCCCCCC. The van der Waals surface area contributed by atoms with Gasteiger partial charge in [0.1, 0.15) is 0 Å². The summed E-state index contributed by atoms with van der Waals surface area (Å²) in [5, 5.41) is 7.42. The van der Waals surface area contributed by atoms with Crippen molar-refractivity contribution >= 4 is 5.97 Å². The van der Waals surface area contributed by atoms with Gasteiger partial charge in [-0.15, -0.1) is 0 Å². The third kappa shape index (κ3) is 29.4. The maximum Gasteiger partial charge on any atom is 0.300 e. The van der Waals surface area contributed by atoms with E-state index in [0.29, 0.717) is 0 Å². The lowest BCUT2D eigenvalue weighted by Crippen LogP contribution is -2.20. The van der Waals surface area contributed by atoms with Gasteiger partial charge in [0.15, 0.2) is 0 Å². The molecule has 3 nitrogen and oxygen atoms in total. The Balaban J connectivity index is 0. The number of carboxylic acids is 1. The molecule has 0 aromatic rings. The number of unbranched alkanes of at least 4 members (excludes halogenated alkanes) is 12. The number of nitrogens with zero attached hydrogens (tertiary/aromatic N) is 1. The first-order chi connectivity index (χ1) is 11.5. The van der Waals surface area contributed by atoms with Gasteiger partial charge in [-0.3, -0.25) is 4.79 Å². The molecule has 0 amide bonds. The van der Waals surface area contributed by atoms with Crippen molar-refractivity contribution in [2.24, 2.45) is 0 Å². The summed E-state index contributed by atoms with van der Waals surface area (Å²) in [5.41, 5.74) is 0. The van der Waals surface area contributed by atoms with Gasteiger partial charge in [-0.2, -0.15) is 0 Å². The monoisotopic (exact) mass is 343 g/mol. The van der Waals surface area contributed by atoms with E-state index in [-0.39, 0.29) is 0 Å². The van der Waals surface area contributed by atoms with Gasteiger partial charge in [0.2, 0.25) is 0 Å². The van der Waals surface area contributed by atoms with Gasteiger partial charge in [0.25, 0.3) is 5.97 Å². The Labute approximate surface area is 152 Å². The molecule has 0 saturated carbocycles. The summed E-state index contributed by atoms with van der Waals surface area (Å²) in [5.74, 6) is -0.833. The molecule has 0 aliphatic rings. The molecule has 0 unspecified atom stereocenters. The largest absolute Gasteiger partial charge is 0.481 e. The van der Waals surface area contributed by atoms with Crippen LogP contribution < -0.4 is 0 Å². The molecule has 0 rings (SSSR count). The smallest absolute Gasteiger partial charge is 0.300 e. The number of aliphatic carboxylic acids is 1. The van der Waals surface area contributed by atoms with E-state index in [1.807, 2.05) is 0 Å². The van der Waals surface area contributed by atoms with Gasteiger partial charge in [-0.25, -0.2) is 0 Å². The Morgan fingerprint density at radius 1 is 0.667 bits per heavy atom. The number of carboxylic acid groups (broad SMARTS) is 1. The average Bonchev–Trinajstić information content (AvgIpc) is 2.53. The van der Waals surface area contributed by atoms with E-state index in [2.05, 4.69) is 25.8 Å². The normalized spacial score (nSPS) is 10.5. The van der Waals surface area contributed by atoms with Gasteiger partial charge >= 0.3 is 0 Å². The van der Waals surface area contributed by atoms with Gasteiger partial charge in [-0.1, -0.05) is 90.9 Å². The Kier molecular flexibility index (Phi) is 24.0. The van der Waals surface area contributed by atoms with Crippen molar-refractivity contribution in [3.05, 3.63) is 0 Å². The molecule has 0 radical (unpaired) electrons. The topological polar surface area (TPSA) is 40.5 Å². The van der Waals surface area contributed by atoms with Gasteiger partial charge < -0.3 is 10.0 Å². The van der Waals surface area contributed by atoms with Crippen molar-refractivity contribution in [2.45, 2.75) is 111 Å². The zero-order valence-electron chi connectivity index (χ0n) is 17.1. The van der Waals surface area contributed by atoms with Crippen LogP contribution in [-0.4, -0.2) is 36.1 Å². The molecule has 0 fully saturated rings. The molecule has 0 aromatic carbocycles. The first kappa shape index (κ1) is 25.7. The van der Waals surface area contributed by atoms with Crippen LogP contribution in [0.15, 0.2) is 0 Å². The number of rotatable bonds is 16. The Morgan fingerprint density at radius 3 is 1.21 bits per heavy atom. The molecule has 0 aromatic heterocycles. The molecule has 146 valence electrons. The van der Waals surface area contributed by atoms with Crippen LogP contribution in [0.1, 0.15) is 111 Å². The zero-order valence-corrected chi connectivity index (χ0v) is 17.1. The van der Waals surface area contributed by atoms with E-state index in [1.54, 1.807) is 0 Å². The highest BCUT2D eigenvalue weighted by Gasteiger charge is 1.98. The third-order valence-electron chi connectivity index (χ3n) is 4.29.